The first kappa shape index (κ1) is 12.5. The first-order valence-corrected chi connectivity index (χ1v) is 6.28. The summed E-state index contributed by atoms with van der Waals surface area (Å²) in [7, 11) is 0. The van der Waals surface area contributed by atoms with Gasteiger partial charge >= 0.3 is 0 Å². The number of rotatable bonds is 5. The van der Waals surface area contributed by atoms with Crippen LogP contribution in [0.15, 0.2) is 23.3 Å². The minimum atomic E-state index is -0.303. The molecule has 2 atom stereocenters. The molecule has 0 bridgehead atoms. The van der Waals surface area contributed by atoms with Gasteiger partial charge in [0.05, 0.1) is 6.10 Å². The zero-order valence-corrected chi connectivity index (χ0v) is 10.3. The number of hydrogen-bond donors (Lipinski definition) is 1. The van der Waals surface area contributed by atoms with Crippen LogP contribution in [0.25, 0.3) is 0 Å². The molecule has 0 aromatic rings. The molecule has 15 heavy (non-hydrogen) atoms. The Morgan fingerprint density at radius 1 is 1.40 bits per heavy atom. The summed E-state index contributed by atoms with van der Waals surface area (Å²) in [5.74, 6) is 0.685. The molecule has 86 valence electrons. The standard InChI is InChI=1S/C14H24O/c1-4-8-12(5-2)14-10-7-6-9-13(14)11(3)15/h6,9,11-12,15H,4-5,7-8,10H2,1-3H3. The highest BCUT2D eigenvalue weighted by molar-refractivity contribution is 5.33. The molecule has 0 amide bonds. The van der Waals surface area contributed by atoms with Gasteiger partial charge in [-0.1, -0.05) is 38.0 Å². The fourth-order valence-electron chi connectivity index (χ4n) is 2.52. The van der Waals surface area contributed by atoms with Crippen molar-refractivity contribution < 1.29 is 5.11 Å². The van der Waals surface area contributed by atoms with Crippen LogP contribution < -0.4 is 0 Å². The second kappa shape index (κ2) is 6.12. The highest BCUT2D eigenvalue weighted by Gasteiger charge is 2.19. The molecule has 1 aliphatic rings. The Morgan fingerprint density at radius 3 is 2.67 bits per heavy atom. The van der Waals surface area contributed by atoms with E-state index in [0.717, 1.165) is 12.8 Å². The van der Waals surface area contributed by atoms with E-state index < -0.39 is 0 Å². The van der Waals surface area contributed by atoms with Crippen molar-refractivity contribution in [2.24, 2.45) is 5.92 Å². The molecule has 0 fully saturated rings. The van der Waals surface area contributed by atoms with Gasteiger partial charge in [-0.25, -0.2) is 0 Å². The molecule has 1 heteroatoms. The molecule has 1 nitrogen and oxygen atoms in total. The summed E-state index contributed by atoms with van der Waals surface area (Å²) in [6, 6.07) is 0. The summed E-state index contributed by atoms with van der Waals surface area (Å²) >= 11 is 0. The van der Waals surface area contributed by atoms with Crippen LogP contribution in [0.4, 0.5) is 0 Å². The van der Waals surface area contributed by atoms with Crippen molar-refractivity contribution >= 4 is 0 Å². The van der Waals surface area contributed by atoms with E-state index in [1.807, 2.05) is 6.92 Å². The number of allylic oxidation sites excluding steroid dienone is 2. The first-order chi connectivity index (χ1) is 7.20. The van der Waals surface area contributed by atoms with Crippen LogP contribution in [0.1, 0.15) is 52.9 Å². The Kier molecular flexibility index (Phi) is 5.10. The Balaban J connectivity index is 2.89. The van der Waals surface area contributed by atoms with E-state index in [1.165, 1.54) is 30.4 Å². The quantitative estimate of drug-likeness (QED) is 0.727. The van der Waals surface area contributed by atoms with Gasteiger partial charge in [0.1, 0.15) is 0 Å². The first-order valence-electron chi connectivity index (χ1n) is 6.28. The Hall–Kier alpha value is -0.560. The fourth-order valence-corrected chi connectivity index (χ4v) is 2.52. The van der Waals surface area contributed by atoms with E-state index in [0.29, 0.717) is 5.92 Å². The molecule has 0 spiro atoms. The molecule has 0 saturated heterocycles. The van der Waals surface area contributed by atoms with Crippen LogP contribution in [0, 0.1) is 5.92 Å². The van der Waals surface area contributed by atoms with Crippen molar-refractivity contribution in [2.45, 2.75) is 59.0 Å². The average Bonchev–Trinajstić information content (AvgIpc) is 2.26. The molecule has 0 aromatic carbocycles. The summed E-state index contributed by atoms with van der Waals surface area (Å²) in [6.07, 6.45) is 10.00. The van der Waals surface area contributed by atoms with Crippen LogP contribution in [0.5, 0.6) is 0 Å². The third-order valence-corrected chi connectivity index (χ3v) is 3.32. The summed E-state index contributed by atoms with van der Waals surface area (Å²) in [5, 5.41) is 9.75. The van der Waals surface area contributed by atoms with Crippen molar-refractivity contribution in [2.75, 3.05) is 0 Å². The number of aliphatic hydroxyl groups excluding tert-OH is 1. The van der Waals surface area contributed by atoms with Gasteiger partial charge in [-0.3, -0.25) is 0 Å². The van der Waals surface area contributed by atoms with Crippen LogP contribution in [0.3, 0.4) is 0 Å². The van der Waals surface area contributed by atoms with E-state index in [1.54, 1.807) is 0 Å². The molecule has 2 unspecified atom stereocenters. The van der Waals surface area contributed by atoms with E-state index in [4.69, 9.17) is 0 Å². The van der Waals surface area contributed by atoms with E-state index in [2.05, 4.69) is 26.0 Å². The highest BCUT2D eigenvalue weighted by Crippen LogP contribution is 2.32. The monoisotopic (exact) mass is 208 g/mol. The van der Waals surface area contributed by atoms with Gasteiger partial charge in [-0.05, 0) is 44.1 Å². The number of hydrogen-bond acceptors (Lipinski definition) is 1. The fraction of sp³-hybridized carbons (Fsp3) is 0.714. The van der Waals surface area contributed by atoms with Gasteiger partial charge in [-0.2, -0.15) is 0 Å². The van der Waals surface area contributed by atoms with Gasteiger partial charge in [0, 0.05) is 0 Å². The molecule has 1 rings (SSSR count). The molecule has 0 radical (unpaired) electrons. The lowest BCUT2D eigenvalue weighted by molar-refractivity contribution is 0.231. The molecule has 0 aliphatic heterocycles. The molecule has 1 N–H and O–H groups in total. The second-order valence-corrected chi connectivity index (χ2v) is 4.49. The van der Waals surface area contributed by atoms with Crippen molar-refractivity contribution in [1.82, 2.24) is 0 Å². The SMILES string of the molecule is CCCC(CC)C1=C(C(C)O)C=CCC1. The van der Waals surface area contributed by atoms with E-state index in [-0.39, 0.29) is 6.10 Å². The number of aliphatic hydroxyl groups is 1. The Bertz CT molecular complexity index is 248. The largest absolute Gasteiger partial charge is 0.389 e. The van der Waals surface area contributed by atoms with Gasteiger partial charge in [0.2, 0.25) is 0 Å². The Morgan fingerprint density at radius 2 is 2.13 bits per heavy atom. The van der Waals surface area contributed by atoms with Crippen molar-refractivity contribution in [3.8, 4) is 0 Å². The van der Waals surface area contributed by atoms with Gasteiger partial charge < -0.3 is 5.11 Å². The van der Waals surface area contributed by atoms with Crippen molar-refractivity contribution in [3.63, 3.8) is 0 Å². The molecule has 0 heterocycles. The third kappa shape index (κ3) is 3.20. The molecule has 1 aliphatic carbocycles. The van der Waals surface area contributed by atoms with E-state index >= 15 is 0 Å². The topological polar surface area (TPSA) is 20.2 Å². The maximum Gasteiger partial charge on any atom is 0.0761 e. The molecular weight excluding hydrogens is 184 g/mol. The van der Waals surface area contributed by atoms with Crippen LogP contribution in [-0.4, -0.2) is 11.2 Å². The molecule has 0 aromatic heterocycles. The van der Waals surface area contributed by atoms with Gasteiger partial charge in [-0.15, -0.1) is 0 Å². The van der Waals surface area contributed by atoms with Gasteiger partial charge in [0.25, 0.3) is 0 Å². The minimum Gasteiger partial charge on any atom is -0.389 e. The lowest BCUT2D eigenvalue weighted by Gasteiger charge is -2.25. The van der Waals surface area contributed by atoms with Crippen LogP contribution in [-0.2, 0) is 0 Å². The summed E-state index contributed by atoms with van der Waals surface area (Å²) < 4.78 is 0. The highest BCUT2D eigenvalue weighted by atomic mass is 16.3. The summed E-state index contributed by atoms with van der Waals surface area (Å²) in [5.41, 5.74) is 2.69. The van der Waals surface area contributed by atoms with Gasteiger partial charge in [0.15, 0.2) is 0 Å². The zero-order chi connectivity index (χ0) is 11.3. The zero-order valence-electron chi connectivity index (χ0n) is 10.3. The average molecular weight is 208 g/mol. The van der Waals surface area contributed by atoms with Crippen molar-refractivity contribution in [1.29, 1.82) is 0 Å². The minimum absolute atomic E-state index is 0.303. The normalized spacial score (nSPS) is 20.5. The second-order valence-electron chi connectivity index (χ2n) is 4.49. The molecule has 0 saturated carbocycles. The van der Waals surface area contributed by atoms with Crippen LogP contribution >= 0.6 is 0 Å². The third-order valence-electron chi connectivity index (χ3n) is 3.32. The van der Waals surface area contributed by atoms with Crippen molar-refractivity contribution in [3.05, 3.63) is 23.3 Å². The molecular formula is C14H24O. The predicted octanol–water partition coefficient (Wildman–Crippen LogP) is 3.84. The van der Waals surface area contributed by atoms with E-state index in [9.17, 15) is 5.11 Å². The lowest BCUT2D eigenvalue weighted by atomic mass is 9.82. The van der Waals surface area contributed by atoms with Crippen LogP contribution in [0.2, 0.25) is 0 Å². The predicted molar refractivity (Wildman–Crippen MR) is 65.8 cm³/mol. The summed E-state index contributed by atoms with van der Waals surface area (Å²) in [6.45, 7) is 6.37. The smallest absolute Gasteiger partial charge is 0.0761 e. The maximum absolute atomic E-state index is 9.75. The Labute approximate surface area is 93.9 Å². The maximum atomic E-state index is 9.75. The summed E-state index contributed by atoms with van der Waals surface area (Å²) in [4.78, 5) is 0. The lowest BCUT2D eigenvalue weighted by Crippen LogP contribution is -2.14.